The Hall–Kier alpha value is -1.91. The fourth-order valence-corrected chi connectivity index (χ4v) is 4.12. The average Bonchev–Trinajstić information content (AvgIpc) is 2.40. The molecule has 0 aromatic carbocycles. The highest BCUT2D eigenvalue weighted by Crippen LogP contribution is 2.46. The van der Waals surface area contributed by atoms with E-state index in [9.17, 15) is 14.4 Å². The number of ketones is 1. The van der Waals surface area contributed by atoms with Gasteiger partial charge in [-0.2, -0.15) is 0 Å². The number of hydrogen-bond acceptors (Lipinski definition) is 5. The van der Waals surface area contributed by atoms with E-state index < -0.39 is 24.1 Å². The summed E-state index contributed by atoms with van der Waals surface area (Å²) in [5.41, 5.74) is 2.60. The summed E-state index contributed by atoms with van der Waals surface area (Å²) in [6, 6.07) is 0. The minimum absolute atomic E-state index is 0.0392. The number of Topliss-reactive ketones (excluding diaryl/α,β-unsaturated/α-hetero) is 1. The van der Waals surface area contributed by atoms with E-state index in [0.29, 0.717) is 6.42 Å². The van der Waals surface area contributed by atoms with E-state index in [2.05, 4.69) is 0 Å². The number of rotatable bonds is 2. The molecule has 0 aromatic rings. The zero-order chi connectivity index (χ0) is 18.2. The standard InChI is InChI=1S/C19H26O5/c1-9(2)16-14-7-11(4)18(23-12(5)20)19(24-13(6)21)17(14)10(3)8-15(16)22/h7,10,14,17-19H,8H2,1-6H3/t10-,14-,17+,18-,19+/m0/s1. The van der Waals surface area contributed by atoms with Gasteiger partial charge < -0.3 is 9.47 Å². The summed E-state index contributed by atoms with van der Waals surface area (Å²) >= 11 is 0. The molecule has 1 saturated carbocycles. The van der Waals surface area contributed by atoms with Gasteiger partial charge in [-0.15, -0.1) is 0 Å². The molecule has 2 rings (SSSR count). The number of fused-ring (bicyclic) bond motifs is 1. The summed E-state index contributed by atoms with van der Waals surface area (Å²) in [7, 11) is 0. The summed E-state index contributed by atoms with van der Waals surface area (Å²) in [4.78, 5) is 35.7. The molecule has 5 heteroatoms. The first-order chi connectivity index (χ1) is 11.1. The Labute approximate surface area is 143 Å². The molecule has 0 spiro atoms. The van der Waals surface area contributed by atoms with Crippen LogP contribution in [0.1, 0.15) is 48.0 Å². The van der Waals surface area contributed by atoms with Gasteiger partial charge in [0.1, 0.15) is 6.10 Å². The molecule has 0 amide bonds. The first-order valence-corrected chi connectivity index (χ1v) is 8.36. The molecule has 2 aliphatic carbocycles. The largest absolute Gasteiger partial charge is 0.458 e. The minimum atomic E-state index is -0.596. The lowest BCUT2D eigenvalue weighted by Gasteiger charge is -2.46. The second-order valence-electron chi connectivity index (χ2n) is 7.14. The SMILES string of the molecule is CC(=O)O[C@@H]1[C@@H]2[C@@H](C)CC(=O)C(=C(C)C)[C@@H]2C=C(C)[C@@H]1OC(C)=O. The van der Waals surface area contributed by atoms with Gasteiger partial charge in [-0.25, -0.2) is 0 Å². The molecule has 0 heterocycles. The lowest BCUT2D eigenvalue weighted by Crippen LogP contribution is -2.51. The number of hydrogen-bond donors (Lipinski definition) is 0. The molecular formula is C19H26O5. The Morgan fingerprint density at radius 1 is 1.08 bits per heavy atom. The highest BCUT2D eigenvalue weighted by Gasteiger charge is 2.50. The van der Waals surface area contributed by atoms with Gasteiger partial charge in [-0.05, 0) is 32.3 Å². The van der Waals surface area contributed by atoms with Crippen molar-refractivity contribution < 1.29 is 23.9 Å². The third kappa shape index (κ3) is 3.45. The van der Waals surface area contributed by atoms with Gasteiger partial charge in [0, 0.05) is 37.7 Å². The predicted molar refractivity (Wildman–Crippen MR) is 89.0 cm³/mol. The van der Waals surface area contributed by atoms with Crippen molar-refractivity contribution in [2.24, 2.45) is 17.8 Å². The first-order valence-electron chi connectivity index (χ1n) is 8.36. The maximum atomic E-state index is 12.5. The Balaban J connectivity index is 2.55. The Bertz CT molecular complexity index is 624. The second-order valence-corrected chi connectivity index (χ2v) is 7.14. The van der Waals surface area contributed by atoms with Crippen LogP contribution in [0.2, 0.25) is 0 Å². The van der Waals surface area contributed by atoms with Crippen LogP contribution in [0.5, 0.6) is 0 Å². The molecule has 2 aliphatic rings. The third-order valence-electron chi connectivity index (χ3n) is 4.92. The van der Waals surface area contributed by atoms with Gasteiger partial charge in [-0.3, -0.25) is 14.4 Å². The van der Waals surface area contributed by atoms with Gasteiger partial charge in [0.05, 0.1) is 0 Å². The van der Waals surface area contributed by atoms with Gasteiger partial charge in [0.25, 0.3) is 0 Å². The zero-order valence-corrected chi connectivity index (χ0v) is 15.2. The highest BCUT2D eigenvalue weighted by molar-refractivity contribution is 5.98. The summed E-state index contributed by atoms with van der Waals surface area (Å²) in [6.45, 7) is 10.4. The molecule has 0 bridgehead atoms. The van der Waals surface area contributed by atoms with Crippen LogP contribution in [0.15, 0.2) is 22.8 Å². The van der Waals surface area contributed by atoms with E-state index in [0.717, 1.165) is 16.7 Å². The molecular weight excluding hydrogens is 308 g/mol. The average molecular weight is 334 g/mol. The molecule has 0 N–H and O–H groups in total. The molecule has 24 heavy (non-hydrogen) atoms. The summed E-state index contributed by atoms with van der Waals surface area (Å²) < 4.78 is 11.0. The molecule has 0 saturated heterocycles. The summed E-state index contributed by atoms with van der Waals surface area (Å²) in [6.07, 6.45) is 1.26. The molecule has 1 fully saturated rings. The van der Waals surface area contributed by atoms with Gasteiger partial charge in [0.15, 0.2) is 11.9 Å². The van der Waals surface area contributed by atoms with Crippen molar-refractivity contribution in [2.45, 2.75) is 60.2 Å². The van der Waals surface area contributed by atoms with Crippen molar-refractivity contribution in [2.75, 3.05) is 0 Å². The summed E-state index contributed by atoms with van der Waals surface area (Å²) in [5.74, 6) is -0.816. The van der Waals surface area contributed by atoms with Crippen LogP contribution in [0.3, 0.4) is 0 Å². The first kappa shape index (κ1) is 18.4. The molecule has 5 nitrogen and oxygen atoms in total. The van der Waals surface area contributed by atoms with E-state index in [1.54, 1.807) is 0 Å². The molecule has 5 atom stereocenters. The maximum Gasteiger partial charge on any atom is 0.303 e. The van der Waals surface area contributed by atoms with Crippen molar-refractivity contribution in [3.63, 3.8) is 0 Å². The van der Waals surface area contributed by atoms with Crippen LogP contribution in [0.25, 0.3) is 0 Å². The van der Waals surface area contributed by atoms with Crippen molar-refractivity contribution in [3.05, 3.63) is 22.8 Å². The van der Waals surface area contributed by atoms with Gasteiger partial charge in [0.2, 0.25) is 0 Å². The van der Waals surface area contributed by atoms with E-state index >= 15 is 0 Å². The van der Waals surface area contributed by atoms with Crippen LogP contribution < -0.4 is 0 Å². The topological polar surface area (TPSA) is 69.7 Å². The fraction of sp³-hybridized carbons (Fsp3) is 0.632. The van der Waals surface area contributed by atoms with Crippen LogP contribution in [-0.4, -0.2) is 29.9 Å². The lowest BCUT2D eigenvalue weighted by atomic mass is 9.62. The number of carbonyl (C=O) groups is 3. The number of esters is 2. The van der Waals surface area contributed by atoms with Crippen molar-refractivity contribution in [1.29, 1.82) is 0 Å². The van der Waals surface area contributed by atoms with Crippen molar-refractivity contribution in [1.82, 2.24) is 0 Å². The molecule has 0 unspecified atom stereocenters. The Morgan fingerprint density at radius 3 is 2.17 bits per heavy atom. The number of ether oxygens (including phenoxy) is 2. The summed E-state index contributed by atoms with van der Waals surface area (Å²) in [5, 5.41) is 0. The smallest absolute Gasteiger partial charge is 0.303 e. The fourth-order valence-electron chi connectivity index (χ4n) is 4.12. The van der Waals surface area contributed by atoms with Crippen molar-refractivity contribution in [3.8, 4) is 0 Å². The number of carbonyl (C=O) groups excluding carboxylic acids is 3. The monoisotopic (exact) mass is 334 g/mol. The zero-order valence-electron chi connectivity index (χ0n) is 15.2. The molecule has 0 radical (unpaired) electrons. The maximum absolute atomic E-state index is 12.5. The molecule has 0 aromatic heterocycles. The van der Waals surface area contributed by atoms with Crippen LogP contribution in [0.4, 0.5) is 0 Å². The van der Waals surface area contributed by atoms with Gasteiger partial charge in [-0.1, -0.05) is 18.6 Å². The van der Waals surface area contributed by atoms with E-state index in [-0.39, 0.29) is 23.5 Å². The van der Waals surface area contributed by atoms with Crippen LogP contribution in [-0.2, 0) is 23.9 Å². The lowest BCUT2D eigenvalue weighted by molar-refractivity contribution is -0.172. The molecule has 132 valence electrons. The second kappa shape index (κ2) is 6.91. The van der Waals surface area contributed by atoms with E-state index in [1.807, 2.05) is 33.8 Å². The highest BCUT2D eigenvalue weighted by atomic mass is 16.6. The molecule has 0 aliphatic heterocycles. The van der Waals surface area contributed by atoms with Crippen LogP contribution in [0, 0.1) is 17.8 Å². The predicted octanol–water partition coefficient (Wildman–Crippen LogP) is 2.99. The van der Waals surface area contributed by atoms with E-state index in [4.69, 9.17) is 9.47 Å². The Kier molecular flexibility index (Phi) is 5.31. The third-order valence-corrected chi connectivity index (χ3v) is 4.92. The van der Waals surface area contributed by atoms with Crippen LogP contribution >= 0.6 is 0 Å². The van der Waals surface area contributed by atoms with E-state index in [1.165, 1.54) is 13.8 Å². The van der Waals surface area contributed by atoms with Crippen molar-refractivity contribution >= 4 is 17.7 Å². The quantitative estimate of drug-likeness (QED) is 0.441. The minimum Gasteiger partial charge on any atom is -0.458 e. The van der Waals surface area contributed by atoms with Gasteiger partial charge >= 0.3 is 11.9 Å². The number of allylic oxidation sites excluding steroid dienone is 3. The Morgan fingerprint density at radius 2 is 1.67 bits per heavy atom. The normalized spacial score (nSPS) is 32.6.